The van der Waals surface area contributed by atoms with E-state index in [1.807, 2.05) is 0 Å². The van der Waals surface area contributed by atoms with Crippen molar-refractivity contribution < 1.29 is 14.4 Å². The van der Waals surface area contributed by atoms with Gasteiger partial charge in [-0.2, -0.15) is 0 Å². The van der Waals surface area contributed by atoms with Crippen molar-refractivity contribution in [2.24, 2.45) is 0 Å². The van der Waals surface area contributed by atoms with Crippen molar-refractivity contribution in [3.8, 4) is 0 Å². The average molecular weight is 336 g/mol. The summed E-state index contributed by atoms with van der Waals surface area (Å²) in [6.45, 7) is 2.10. The minimum Gasteiger partial charge on any atom is -0.342 e. The van der Waals surface area contributed by atoms with Crippen molar-refractivity contribution in [3.05, 3.63) is 29.3 Å². The molecule has 2 fully saturated rings. The number of hydrogen-bond acceptors (Lipinski definition) is 3. The maximum Gasteiger partial charge on any atom is 0.245 e. The Morgan fingerprint density at radius 3 is 2.39 bits per heavy atom. The number of carbonyl (C=O) groups is 3. The van der Waals surface area contributed by atoms with Crippen LogP contribution in [0.2, 0.25) is 5.02 Å². The van der Waals surface area contributed by atoms with Crippen molar-refractivity contribution in [1.82, 2.24) is 9.80 Å². The van der Waals surface area contributed by atoms with E-state index in [1.54, 1.807) is 39.0 Å². The van der Waals surface area contributed by atoms with Crippen LogP contribution in [0.5, 0.6) is 0 Å². The molecule has 0 radical (unpaired) electrons. The Bertz CT molecular complexity index is 612. The van der Waals surface area contributed by atoms with E-state index in [2.05, 4.69) is 0 Å². The molecule has 1 aromatic carbocycles. The third-order valence-electron chi connectivity index (χ3n) is 4.38. The van der Waals surface area contributed by atoms with Crippen molar-refractivity contribution in [2.75, 3.05) is 31.1 Å². The van der Waals surface area contributed by atoms with Gasteiger partial charge in [0.1, 0.15) is 6.04 Å². The van der Waals surface area contributed by atoms with Crippen molar-refractivity contribution in [1.29, 1.82) is 0 Å². The predicted molar refractivity (Wildman–Crippen MR) is 86.2 cm³/mol. The van der Waals surface area contributed by atoms with E-state index >= 15 is 0 Å². The Morgan fingerprint density at radius 1 is 1.13 bits per heavy atom. The molecule has 2 heterocycles. The van der Waals surface area contributed by atoms with Crippen LogP contribution in [0.15, 0.2) is 24.3 Å². The Morgan fingerprint density at radius 2 is 1.78 bits per heavy atom. The summed E-state index contributed by atoms with van der Waals surface area (Å²) in [6.07, 6.45) is 1.70. The summed E-state index contributed by atoms with van der Waals surface area (Å²) in [7, 11) is 0. The van der Waals surface area contributed by atoms with Gasteiger partial charge in [0.05, 0.1) is 0 Å². The molecule has 1 atom stereocenters. The van der Waals surface area contributed by atoms with Gasteiger partial charge in [-0.1, -0.05) is 11.6 Å². The van der Waals surface area contributed by atoms with Crippen molar-refractivity contribution >= 4 is 35.5 Å². The lowest BCUT2D eigenvalue weighted by molar-refractivity contribution is -0.136. The van der Waals surface area contributed by atoms with Crippen LogP contribution < -0.4 is 4.90 Å². The standard InChI is InChI=1S/C16H18ClN3O3/c17-12-1-3-13(4-2-12)20-14(5-6-15(20)22)16(23)19-9-7-18(11-21)8-10-19/h1-4,11,14H,5-10H2. The Labute approximate surface area is 139 Å². The highest BCUT2D eigenvalue weighted by atomic mass is 35.5. The molecule has 7 heteroatoms. The number of anilines is 1. The van der Waals surface area contributed by atoms with Crippen molar-refractivity contribution in [2.45, 2.75) is 18.9 Å². The second-order valence-electron chi connectivity index (χ2n) is 5.76. The molecule has 3 amide bonds. The molecule has 2 aliphatic rings. The maximum absolute atomic E-state index is 12.8. The summed E-state index contributed by atoms with van der Waals surface area (Å²) in [5.74, 6) is -0.0893. The van der Waals surface area contributed by atoms with Crippen LogP contribution >= 0.6 is 11.6 Å². The van der Waals surface area contributed by atoms with Crippen molar-refractivity contribution in [3.63, 3.8) is 0 Å². The van der Waals surface area contributed by atoms with Crippen LogP contribution in [0.25, 0.3) is 0 Å². The topological polar surface area (TPSA) is 60.9 Å². The molecule has 0 spiro atoms. The zero-order valence-corrected chi connectivity index (χ0v) is 13.4. The summed E-state index contributed by atoms with van der Waals surface area (Å²) >= 11 is 5.89. The normalized spacial score (nSPS) is 21.7. The second-order valence-corrected chi connectivity index (χ2v) is 6.20. The molecular weight excluding hydrogens is 318 g/mol. The smallest absolute Gasteiger partial charge is 0.245 e. The highest BCUT2D eigenvalue weighted by Crippen LogP contribution is 2.29. The summed E-state index contributed by atoms with van der Waals surface area (Å²) in [5.41, 5.74) is 0.696. The summed E-state index contributed by atoms with van der Waals surface area (Å²) in [4.78, 5) is 40.7. The zero-order valence-electron chi connectivity index (χ0n) is 12.7. The number of benzene rings is 1. The van der Waals surface area contributed by atoms with Gasteiger partial charge in [-0.25, -0.2) is 0 Å². The number of carbonyl (C=O) groups excluding carboxylic acids is 3. The first-order chi connectivity index (χ1) is 11.1. The highest BCUT2D eigenvalue weighted by molar-refractivity contribution is 6.30. The Balaban J connectivity index is 1.75. The summed E-state index contributed by atoms with van der Waals surface area (Å²) in [6, 6.07) is 6.48. The number of nitrogens with zero attached hydrogens (tertiary/aromatic N) is 3. The van der Waals surface area contributed by atoms with E-state index in [9.17, 15) is 14.4 Å². The SMILES string of the molecule is O=CN1CCN(C(=O)C2CCC(=O)N2c2ccc(Cl)cc2)CC1. The first kappa shape index (κ1) is 15.8. The van der Waals surface area contributed by atoms with E-state index in [-0.39, 0.29) is 11.8 Å². The van der Waals surface area contributed by atoms with Gasteiger partial charge in [0.2, 0.25) is 18.2 Å². The molecule has 0 N–H and O–H groups in total. The van der Waals surface area contributed by atoms with E-state index in [4.69, 9.17) is 11.6 Å². The molecule has 0 aromatic heterocycles. The molecule has 2 aliphatic heterocycles. The lowest BCUT2D eigenvalue weighted by Crippen LogP contribution is -2.53. The number of rotatable bonds is 3. The maximum atomic E-state index is 12.8. The molecule has 0 saturated carbocycles. The minimum atomic E-state index is -0.466. The summed E-state index contributed by atoms with van der Waals surface area (Å²) < 4.78 is 0. The molecular formula is C16H18ClN3O3. The fourth-order valence-electron chi connectivity index (χ4n) is 3.10. The third-order valence-corrected chi connectivity index (χ3v) is 4.63. The Kier molecular flexibility index (Phi) is 4.52. The first-order valence-electron chi connectivity index (χ1n) is 7.66. The van der Waals surface area contributed by atoms with Crippen LogP contribution in [0.4, 0.5) is 5.69 Å². The van der Waals surface area contributed by atoms with Crippen LogP contribution in [-0.2, 0) is 14.4 Å². The molecule has 2 saturated heterocycles. The fraction of sp³-hybridized carbons (Fsp3) is 0.438. The monoisotopic (exact) mass is 335 g/mol. The molecule has 0 bridgehead atoms. The van der Waals surface area contributed by atoms with Gasteiger partial charge >= 0.3 is 0 Å². The fourth-order valence-corrected chi connectivity index (χ4v) is 3.23. The van der Waals surface area contributed by atoms with Crippen LogP contribution in [0.1, 0.15) is 12.8 Å². The van der Waals surface area contributed by atoms with Crippen LogP contribution in [-0.4, -0.2) is 60.2 Å². The Hall–Kier alpha value is -2.08. The van der Waals surface area contributed by atoms with Gasteiger partial charge in [-0.15, -0.1) is 0 Å². The van der Waals surface area contributed by atoms with Crippen LogP contribution in [0.3, 0.4) is 0 Å². The number of piperazine rings is 1. The molecule has 0 aliphatic carbocycles. The molecule has 23 heavy (non-hydrogen) atoms. The summed E-state index contributed by atoms with van der Waals surface area (Å²) in [5, 5.41) is 0.591. The van der Waals surface area contributed by atoms with Gasteiger partial charge in [0.15, 0.2) is 0 Å². The first-order valence-corrected chi connectivity index (χ1v) is 8.03. The predicted octanol–water partition coefficient (Wildman–Crippen LogP) is 1.14. The largest absolute Gasteiger partial charge is 0.342 e. The van der Waals surface area contributed by atoms with E-state index in [0.29, 0.717) is 49.7 Å². The number of amides is 3. The number of halogens is 1. The molecule has 6 nitrogen and oxygen atoms in total. The highest BCUT2D eigenvalue weighted by Gasteiger charge is 2.39. The van der Waals surface area contributed by atoms with E-state index in [0.717, 1.165) is 6.41 Å². The second kappa shape index (κ2) is 6.58. The lowest BCUT2D eigenvalue weighted by atomic mass is 10.1. The average Bonchev–Trinajstić information content (AvgIpc) is 2.97. The van der Waals surface area contributed by atoms with Gasteiger partial charge in [0, 0.05) is 43.3 Å². The quantitative estimate of drug-likeness (QED) is 0.778. The zero-order chi connectivity index (χ0) is 16.4. The van der Waals surface area contributed by atoms with Gasteiger partial charge in [0.25, 0.3) is 0 Å². The molecule has 1 unspecified atom stereocenters. The van der Waals surface area contributed by atoms with Crippen LogP contribution in [0, 0.1) is 0 Å². The molecule has 3 rings (SSSR count). The minimum absolute atomic E-state index is 0.0443. The van der Waals surface area contributed by atoms with E-state index < -0.39 is 6.04 Å². The molecule has 1 aromatic rings. The molecule has 122 valence electrons. The lowest BCUT2D eigenvalue weighted by Gasteiger charge is -2.35. The van der Waals surface area contributed by atoms with Gasteiger partial charge in [-0.05, 0) is 30.7 Å². The van der Waals surface area contributed by atoms with Gasteiger partial charge < -0.3 is 9.80 Å². The third kappa shape index (κ3) is 3.17. The number of hydrogen-bond donors (Lipinski definition) is 0. The van der Waals surface area contributed by atoms with E-state index in [1.165, 1.54) is 0 Å². The van der Waals surface area contributed by atoms with Gasteiger partial charge in [-0.3, -0.25) is 19.3 Å².